The van der Waals surface area contributed by atoms with Gasteiger partial charge in [0.2, 0.25) is 5.91 Å². The number of carbonyl (C=O) groups excluding carboxylic acids is 1. The molecule has 2 N–H and O–H groups in total. The summed E-state index contributed by atoms with van der Waals surface area (Å²) in [6.45, 7) is 0. The standard InChI is InChI=1S/C18H16N4O3/c1-2-3-8-18(21-22-18)9-6-15(23)20-13-4-5-14-12(11-13)7-10-19-16(14)17(24)25/h1,4-5,7,10-11H,3,6,8-9H2,(H,20,23)(H,24,25). The molecular formula is C18H16N4O3. The summed E-state index contributed by atoms with van der Waals surface area (Å²) >= 11 is 0. The summed E-state index contributed by atoms with van der Waals surface area (Å²) in [5.41, 5.74) is 0.111. The average Bonchev–Trinajstić information content (AvgIpc) is 3.38. The lowest BCUT2D eigenvalue weighted by Gasteiger charge is -2.10. The minimum Gasteiger partial charge on any atom is -0.476 e. The SMILES string of the molecule is C#CCCC1(CCC(=O)Nc2ccc3c(C(=O)O)nccc3c2)N=N1. The number of anilines is 1. The second kappa shape index (κ2) is 6.69. The highest BCUT2D eigenvalue weighted by molar-refractivity contribution is 6.03. The molecule has 1 aromatic heterocycles. The normalized spacial score (nSPS) is 14.0. The van der Waals surface area contributed by atoms with Crippen molar-refractivity contribution in [2.24, 2.45) is 10.2 Å². The van der Waals surface area contributed by atoms with Gasteiger partial charge in [-0.1, -0.05) is 0 Å². The summed E-state index contributed by atoms with van der Waals surface area (Å²) in [5, 5.41) is 21.2. The van der Waals surface area contributed by atoms with Crippen LogP contribution in [0.3, 0.4) is 0 Å². The van der Waals surface area contributed by atoms with Gasteiger partial charge < -0.3 is 10.4 Å². The molecule has 0 bridgehead atoms. The first kappa shape index (κ1) is 16.6. The number of nitrogens with zero attached hydrogens (tertiary/aromatic N) is 3. The van der Waals surface area contributed by atoms with Crippen LogP contribution in [0.2, 0.25) is 0 Å². The minimum atomic E-state index is -1.09. The molecule has 25 heavy (non-hydrogen) atoms. The molecule has 0 radical (unpaired) electrons. The van der Waals surface area contributed by atoms with Crippen LogP contribution in [0.4, 0.5) is 5.69 Å². The Balaban J connectivity index is 1.64. The van der Waals surface area contributed by atoms with Gasteiger partial charge in [-0.3, -0.25) is 4.79 Å². The molecule has 0 saturated carbocycles. The van der Waals surface area contributed by atoms with Gasteiger partial charge in [0.25, 0.3) is 0 Å². The lowest BCUT2D eigenvalue weighted by Crippen LogP contribution is -2.17. The summed E-state index contributed by atoms with van der Waals surface area (Å²) < 4.78 is 0. The van der Waals surface area contributed by atoms with Crippen LogP contribution in [0, 0.1) is 12.3 Å². The highest BCUT2D eigenvalue weighted by Gasteiger charge is 2.39. The van der Waals surface area contributed by atoms with Gasteiger partial charge in [0.1, 0.15) is 0 Å². The third-order valence-corrected chi connectivity index (χ3v) is 4.06. The van der Waals surface area contributed by atoms with Crippen molar-refractivity contribution < 1.29 is 14.7 Å². The van der Waals surface area contributed by atoms with Crippen molar-refractivity contribution in [1.29, 1.82) is 0 Å². The first-order chi connectivity index (χ1) is 12.0. The molecule has 0 unspecified atom stereocenters. The highest BCUT2D eigenvalue weighted by Crippen LogP contribution is 2.37. The Kier molecular flexibility index (Phi) is 4.44. The van der Waals surface area contributed by atoms with E-state index in [1.54, 1.807) is 24.3 Å². The number of aromatic carboxylic acids is 1. The molecule has 1 aliphatic heterocycles. The van der Waals surface area contributed by atoms with Gasteiger partial charge in [-0.05, 0) is 29.7 Å². The predicted octanol–water partition coefficient (Wildman–Crippen LogP) is 3.23. The Morgan fingerprint density at radius 3 is 2.72 bits per heavy atom. The number of amides is 1. The van der Waals surface area contributed by atoms with Crippen LogP contribution < -0.4 is 5.32 Å². The fourth-order valence-electron chi connectivity index (χ4n) is 2.63. The van der Waals surface area contributed by atoms with Crippen LogP contribution in [0.25, 0.3) is 10.8 Å². The lowest BCUT2D eigenvalue weighted by atomic mass is 10.0. The molecule has 2 aromatic rings. The summed E-state index contributed by atoms with van der Waals surface area (Å²) in [4.78, 5) is 27.2. The van der Waals surface area contributed by atoms with Gasteiger partial charge in [0.05, 0.1) is 0 Å². The van der Waals surface area contributed by atoms with Crippen LogP contribution >= 0.6 is 0 Å². The number of carboxylic acid groups (broad SMARTS) is 1. The molecule has 7 heteroatoms. The van der Waals surface area contributed by atoms with E-state index in [0.29, 0.717) is 35.7 Å². The maximum atomic E-state index is 12.1. The van der Waals surface area contributed by atoms with Crippen LogP contribution in [-0.4, -0.2) is 27.6 Å². The van der Waals surface area contributed by atoms with E-state index in [4.69, 9.17) is 11.5 Å². The Morgan fingerprint density at radius 2 is 2.04 bits per heavy atom. The smallest absolute Gasteiger partial charge is 0.355 e. The van der Waals surface area contributed by atoms with Crippen molar-refractivity contribution in [3.8, 4) is 12.3 Å². The average molecular weight is 336 g/mol. The van der Waals surface area contributed by atoms with E-state index in [0.717, 1.165) is 0 Å². The largest absolute Gasteiger partial charge is 0.476 e. The predicted molar refractivity (Wildman–Crippen MR) is 92.2 cm³/mol. The van der Waals surface area contributed by atoms with Crippen molar-refractivity contribution in [3.05, 3.63) is 36.2 Å². The van der Waals surface area contributed by atoms with Crippen LogP contribution in [0.5, 0.6) is 0 Å². The highest BCUT2D eigenvalue weighted by atomic mass is 16.4. The van der Waals surface area contributed by atoms with Crippen molar-refractivity contribution >= 4 is 28.3 Å². The van der Waals surface area contributed by atoms with Crippen LogP contribution in [0.15, 0.2) is 40.7 Å². The van der Waals surface area contributed by atoms with Crippen molar-refractivity contribution in [1.82, 2.24) is 4.98 Å². The fraction of sp³-hybridized carbons (Fsp3) is 0.278. The molecule has 7 nitrogen and oxygen atoms in total. The Labute approximate surface area is 144 Å². The van der Waals surface area contributed by atoms with E-state index < -0.39 is 11.6 Å². The molecule has 0 saturated heterocycles. The summed E-state index contributed by atoms with van der Waals surface area (Å²) in [6.07, 6.45) is 8.74. The minimum absolute atomic E-state index is 0.0113. The van der Waals surface area contributed by atoms with Crippen LogP contribution in [0.1, 0.15) is 36.2 Å². The number of benzene rings is 1. The number of hydrogen-bond donors (Lipinski definition) is 2. The molecule has 0 atom stereocenters. The third kappa shape index (κ3) is 3.80. The van der Waals surface area contributed by atoms with Gasteiger partial charge in [0.15, 0.2) is 11.4 Å². The molecule has 1 amide bonds. The van der Waals surface area contributed by atoms with Crippen molar-refractivity contribution in [3.63, 3.8) is 0 Å². The van der Waals surface area contributed by atoms with Gasteiger partial charge in [0, 0.05) is 43.0 Å². The molecule has 0 fully saturated rings. The number of carbonyl (C=O) groups is 2. The molecule has 0 aliphatic carbocycles. The first-order valence-corrected chi connectivity index (χ1v) is 7.82. The molecule has 1 aromatic carbocycles. The van der Waals surface area contributed by atoms with Gasteiger partial charge >= 0.3 is 5.97 Å². The maximum Gasteiger partial charge on any atom is 0.355 e. The van der Waals surface area contributed by atoms with E-state index in [9.17, 15) is 9.59 Å². The molecule has 1 aliphatic rings. The maximum absolute atomic E-state index is 12.1. The first-order valence-electron chi connectivity index (χ1n) is 7.82. The van der Waals surface area contributed by atoms with Crippen LogP contribution in [-0.2, 0) is 4.79 Å². The van der Waals surface area contributed by atoms with E-state index in [2.05, 4.69) is 26.4 Å². The van der Waals surface area contributed by atoms with E-state index in [1.807, 2.05) is 0 Å². The zero-order valence-corrected chi connectivity index (χ0v) is 13.4. The van der Waals surface area contributed by atoms with Gasteiger partial charge in [-0.15, -0.1) is 12.3 Å². The summed E-state index contributed by atoms with van der Waals surface area (Å²) in [7, 11) is 0. The quantitative estimate of drug-likeness (QED) is 0.757. The number of carboxylic acids is 1. The lowest BCUT2D eigenvalue weighted by molar-refractivity contribution is -0.116. The zero-order valence-electron chi connectivity index (χ0n) is 13.4. The molecular weight excluding hydrogens is 320 g/mol. The number of aromatic nitrogens is 1. The van der Waals surface area contributed by atoms with Crippen molar-refractivity contribution in [2.75, 3.05) is 5.32 Å². The second-order valence-corrected chi connectivity index (χ2v) is 5.84. The topological polar surface area (TPSA) is 104 Å². The number of nitrogens with one attached hydrogen (secondary N) is 1. The number of fused-ring (bicyclic) bond motifs is 1. The third-order valence-electron chi connectivity index (χ3n) is 4.06. The van der Waals surface area contributed by atoms with E-state index in [1.165, 1.54) is 6.20 Å². The monoisotopic (exact) mass is 336 g/mol. The number of pyridine rings is 1. The summed E-state index contributed by atoms with van der Waals surface area (Å²) in [6, 6.07) is 6.73. The fourth-order valence-corrected chi connectivity index (χ4v) is 2.63. The molecule has 2 heterocycles. The Morgan fingerprint density at radius 1 is 1.24 bits per heavy atom. The number of hydrogen-bond acceptors (Lipinski definition) is 5. The molecule has 3 rings (SSSR count). The molecule has 0 spiro atoms. The Hall–Kier alpha value is -3.27. The van der Waals surface area contributed by atoms with Crippen molar-refractivity contribution in [2.45, 2.75) is 31.3 Å². The summed E-state index contributed by atoms with van der Waals surface area (Å²) in [5.74, 6) is 1.32. The van der Waals surface area contributed by atoms with E-state index >= 15 is 0 Å². The van der Waals surface area contributed by atoms with Gasteiger partial charge in [-0.25, -0.2) is 9.78 Å². The molecule has 126 valence electrons. The Bertz CT molecular complexity index is 908. The zero-order chi connectivity index (χ0) is 17.9. The number of terminal acetylenes is 1. The van der Waals surface area contributed by atoms with Gasteiger partial charge in [-0.2, -0.15) is 10.2 Å². The number of rotatable bonds is 7. The second-order valence-electron chi connectivity index (χ2n) is 5.84. The van der Waals surface area contributed by atoms with E-state index in [-0.39, 0.29) is 18.0 Å².